The highest BCUT2D eigenvalue weighted by molar-refractivity contribution is 7.98. The summed E-state index contributed by atoms with van der Waals surface area (Å²) in [5, 5.41) is 25.2. The number of thiol groups is 1. The normalized spacial score (nSPS) is 14.8. The Bertz CT molecular complexity index is 648. The van der Waals surface area contributed by atoms with Gasteiger partial charge in [0.05, 0.1) is 6.04 Å². The largest absolute Gasteiger partial charge is 0.481 e. The molecule has 0 aliphatic carbocycles. The van der Waals surface area contributed by atoms with Gasteiger partial charge in [0.15, 0.2) is 0 Å². The van der Waals surface area contributed by atoms with E-state index >= 15 is 0 Å². The smallest absolute Gasteiger partial charge is 0.327 e. The van der Waals surface area contributed by atoms with Gasteiger partial charge in [0.25, 0.3) is 0 Å². The number of thioether (sulfide) groups is 1. The second-order valence-electron chi connectivity index (χ2n) is 7.19. The van der Waals surface area contributed by atoms with Crippen LogP contribution in [-0.2, 0) is 24.0 Å². The molecular weight excluding hydrogens is 448 g/mol. The average Bonchev–Trinajstić information content (AvgIpc) is 2.70. The minimum atomic E-state index is -1.32. The van der Waals surface area contributed by atoms with E-state index in [1.165, 1.54) is 11.8 Å². The molecule has 4 unspecified atom stereocenters. The summed E-state index contributed by atoms with van der Waals surface area (Å²) in [6, 6.07) is -4.44. The van der Waals surface area contributed by atoms with E-state index in [0.29, 0.717) is 5.75 Å². The Morgan fingerprint density at radius 3 is 1.81 bits per heavy atom. The van der Waals surface area contributed by atoms with Crippen LogP contribution in [0, 0.1) is 5.92 Å². The van der Waals surface area contributed by atoms with Gasteiger partial charge < -0.3 is 31.9 Å². The first kappa shape index (κ1) is 29.0. The van der Waals surface area contributed by atoms with Crippen molar-refractivity contribution < 1.29 is 34.2 Å². The van der Waals surface area contributed by atoms with Crippen LogP contribution >= 0.6 is 24.4 Å². The third kappa shape index (κ3) is 11.3. The number of hydrogen-bond donors (Lipinski definition) is 7. The number of carbonyl (C=O) groups excluding carboxylic acids is 3. The third-order valence-electron chi connectivity index (χ3n) is 4.34. The maximum atomic E-state index is 12.8. The number of amides is 3. The number of nitrogens with one attached hydrogen (secondary N) is 3. The third-order valence-corrected chi connectivity index (χ3v) is 5.35. The van der Waals surface area contributed by atoms with Gasteiger partial charge >= 0.3 is 11.9 Å². The highest BCUT2D eigenvalue weighted by Gasteiger charge is 2.30. The molecule has 0 aliphatic rings. The minimum Gasteiger partial charge on any atom is -0.481 e. The number of hydrogen-bond acceptors (Lipinski definition) is 8. The van der Waals surface area contributed by atoms with Gasteiger partial charge in [-0.05, 0) is 30.8 Å². The summed E-state index contributed by atoms with van der Waals surface area (Å²) in [6.07, 6.45) is 1.38. The van der Waals surface area contributed by atoms with Gasteiger partial charge in [-0.25, -0.2) is 4.79 Å². The lowest BCUT2D eigenvalue weighted by molar-refractivity contribution is -0.142. The zero-order chi connectivity index (χ0) is 24.1. The molecule has 178 valence electrons. The second-order valence-corrected chi connectivity index (χ2v) is 8.54. The number of aliphatic carboxylic acids is 2. The Hall–Kier alpha value is -1.99. The molecule has 0 aromatic rings. The molecule has 0 spiro atoms. The number of carboxylic acid groups (broad SMARTS) is 2. The van der Waals surface area contributed by atoms with E-state index in [4.69, 9.17) is 15.9 Å². The number of rotatable bonds is 15. The van der Waals surface area contributed by atoms with Crippen LogP contribution in [0.3, 0.4) is 0 Å². The lowest BCUT2D eigenvalue weighted by Crippen LogP contribution is -2.57. The van der Waals surface area contributed by atoms with Gasteiger partial charge in [-0.2, -0.15) is 24.4 Å². The molecule has 4 atom stereocenters. The predicted molar refractivity (Wildman–Crippen MR) is 120 cm³/mol. The lowest BCUT2D eigenvalue weighted by Gasteiger charge is -2.25. The Morgan fingerprint density at radius 1 is 0.903 bits per heavy atom. The van der Waals surface area contributed by atoms with Crippen LogP contribution in [0.4, 0.5) is 0 Å². The highest BCUT2D eigenvalue weighted by atomic mass is 32.2. The molecule has 13 heteroatoms. The fourth-order valence-electron chi connectivity index (χ4n) is 2.34. The molecule has 0 fully saturated rings. The molecule has 0 bridgehead atoms. The molecule has 0 aromatic heterocycles. The van der Waals surface area contributed by atoms with Crippen molar-refractivity contribution in [1.29, 1.82) is 0 Å². The summed E-state index contributed by atoms with van der Waals surface area (Å²) >= 11 is 5.31. The van der Waals surface area contributed by atoms with Crippen molar-refractivity contribution in [3.05, 3.63) is 0 Å². The van der Waals surface area contributed by atoms with Crippen molar-refractivity contribution in [3.8, 4) is 0 Å². The van der Waals surface area contributed by atoms with Crippen LogP contribution < -0.4 is 21.7 Å². The monoisotopic (exact) mass is 480 g/mol. The fourth-order valence-corrected chi connectivity index (χ4v) is 3.06. The van der Waals surface area contributed by atoms with Crippen molar-refractivity contribution in [2.24, 2.45) is 11.7 Å². The van der Waals surface area contributed by atoms with Crippen LogP contribution in [-0.4, -0.2) is 81.8 Å². The molecule has 0 rings (SSSR count). The summed E-state index contributed by atoms with van der Waals surface area (Å²) in [4.78, 5) is 59.7. The van der Waals surface area contributed by atoms with E-state index in [-0.39, 0.29) is 24.5 Å². The van der Waals surface area contributed by atoms with E-state index in [0.717, 1.165) is 0 Å². The molecule has 0 saturated heterocycles. The van der Waals surface area contributed by atoms with E-state index in [9.17, 15) is 24.0 Å². The zero-order valence-corrected chi connectivity index (χ0v) is 19.5. The fraction of sp³-hybridized carbons (Fsp3) is 0.722. The summed E-state index contributed by atoms with van der Waals surface area (Å²) in [6.45, 7) is 3.52. The Morgan fingerprint density at radius 2 is 1.39 bits per heavy atom. The van der Waals surface area contributed by atoms with Gasteiger partial charge in [-0.1, -0.05) is 13.8 Å². The first-order valence-corrected chi connectivity index (χ1v) is 11.7. The lowest BCUT2D eigenvalue weighted by atomic mass is 10.0. The molecule has 3 amide bonds. The maximum absolute atomic E-state index is 12.8. The summed E-state index contributed by atoms with van der Waals surface area (Å²) in [7, 11) is 0. The van der Waals surface area contributed by atoms with Gasteiger partial charge in [0.1, 0.15) is 18.1 Å². The molecule has 0 aromatic carbocycles. The molecule has 0 saturated carbocycles. The number of nitrogens with two attached hydrogens (primary N) is 1. The standard InChI is InChI=1S/C18H32N4O7S2/c1-9(2)14(19)17(27)21-11(6-7-31-3)16(26)20-10(4-5-13(23)24)15(25)22-12(8-30)18(28)29/h9-12,14,30H,4-8,19H2,1-3H3,(H,20,26)(H,21,27)(H,22,25)(H,23,24)(H,28,29). The van der Waals surface area contributed by atoms with Crippen LogP contribution in [0.5, 0.6) is 0 Å². The molecule has 11 nitrogen and oxygen atoms in total. The molecule has 0 heterocycles. The van der Waals surface area contributed by atoms with Gasteiger partial charge in [-0.3, -0.25) is 19.2 Å². The molecule has 31 heavy (non-hydrogen) atoms. The van der Waals surface area contributed by atoms with Crippen molar-refractivity contribution in [2.45, 2.75) is 57.3 Å². The van der Waals surface area contributed by atoms with E-state index in [1.807, 2.05) is 6.26 Å². The summed E-state index contributed by atoms with van der Waals surface area (Å²) < 4.78 is 0. The van der Waals surface area contributed by atoms with E-state index < -0.39 is 60.2 Å². The Kier molecular flexibility index (Phi) is 14.0. The van der Waals surface area contributed by atoms with Gasteiger partial charge in [0, 0.05) is 12.2 Å². The SMILES string of the molecule is CSCCC(NC(=O)C(N)C(C)C)C(=O)NC(CCC(=O)O)C(=O)NC(CS)C(=O)O. The first-order chi connectivity index (χ1) is 14.4. The van der Waals surface area contributed by atoms with Gasteiger partial charge in [-0.15, -0.1) is 0 Å². The van der Waals surface area contributed by atoms with Crippen molar-refractivity contribution in [3.63, 3.8) is 0 Å². The number of carboxylic acids is 2. The summed E-state index contributed by atoms with van der Waals surface area (Å²) in [5.74, 6) is -4.41. The van der Waals surface area contributed by atoms with Crippen LogP contribution in [0.1, 0.15) is 33.1 Å². The topological polar surface area (TPSA) is 188 Å². The molecule has 0 radical (unpaired) electrons. The summed E-state index contributed by atoms with van der Waals surface area (Å²) in [5.41, 5.74) is 5.82. The van der Waals surface area contributed by atoms with E-state index in [2.05, 4.69) is 28.6 Å². The zero-order valence-electron chi connectivity index (χ0n) is 17.8. The van der Waals surface area contributed by atoms with Crippen molar-refractivity contribution in [1.82, 2.24) is 16.0 Å². The quantitative estimate of drug-likeness (QED) is 0.145. The molecular formula is C18H32N4O7S2. The van der Waals surface area contributed by atoms with Crippen molar-refractivity contribution in [2.75, 3.05) is 17.8 Å². The predicted octanol–water partition coefficient (Wildman–Crippen LogP) is -0.944. The average molecular weight is 481 g/mol. The molecule has 0 aliphatic heterocycles. The van der Waals surface area contributed by atoms with Crippen LogP contribution in [0.2, 0.25) is 0 Å². The van der Waals surface area contributed by atoms with Gasteiger partial charge in [0.2, 0.25) is 17.7 Å². The number of carbonyl (C=O) groups is 5. The minimum absolute atomic E-state index is 0.160. The van der Waals surface area contributed by atoms with Crippen LogP contribution in [0.15, 0.2) is 0 Å². The van der Waals surface area contributed by atoms with Crippen LogP contribution in [0.25, 0.3) is 0 Å². The first-order valence-electron chi connectivity index (χ1n) is 9.65. The Balaban J connectivity index is 5.43. The highest BCUT2D eigenvalue weighted by Crippen LogP contribution is 2.06. The van der Waals surface area contributed by atoms with Crippen molar-refractivity contribution >= 4 is 54.1 Å². The molecule has 7 N–H and O–H groups in total. The maximum Gasteiger partial charge on any atom is 0.327 e. The van der Waals surface area contributed by atoms with E-state index in [1.54, 1.807) is 13.8 Å². The second kappa shape index (κ2) is 14.9. The Labute approximate surface area is 191 Å².